The molecule has 2 atom stereocenters. The number of likely N-dealkylation sites (N-methyl/N-ethyl adjacent to an activating group) is 1. The van der Waals surface area contributed by atoms with Crippen molar-refractivity contribution in [3.63, 3.8) is 0 Å². The maximum absolute atomic E-state index is 12.7. The normalized spacial score (nSPS) is 12.6. The summed E-state index contributed by atoms with van der Waals surface area (Å²) in [4.78, 5) is 48.8. The summed E-state index contributed by atoms with van der Waals surface area (Å²) >= 11 is 0. The molecular weight excluding hydrogens is 374 g/mol. The zero-order valence-electron chi connectivity index (χ0n) is 17.5. The second-order valence-electron chi connectivity index (χ2n) is 7.08. The molecule has 0 spiro atoms. The van der Waals surface area contributed by atoms with Crippen molar-refractivity contribution in [2.24, 2.45) is 5.92 Å². The van der Waals surface area contributed by atoms with Crippen molar-refractivity contribution in [3.05, 3.63) is 35.9 Å². The lowest BCUT2D eigenvalue weighted by atomic mass is 10.0. The highest BCUT2D eigenvalue weighted by Gasteiger charge is 2.29. The van der Waals surface area contributed by atoms with Crippen molar-refractivity contribution in [3.8, 4) is 0 Å². The van der Waals surface area contributed by atoms with Crippen LogP contribution in [0.1, 0.15) is 46.1 Å². The Morgan fingerprint density at radius 1 is 0.966 bits per heavy atom. The third-order valence-electron chi connectivity index (χ3n) is 4.13. The highest BCUT2D eigenvalue weighted by Crippen LogP contribution is 2.08. The van der Waals surface area contributed by atoms with Gasteiger partial charge in [-0.1, -0.05) is 51.1 Å². The molecule has 8 heteroatoms. The van der Waals surface area contributed by atoms with Gasteiger partial charge in [0.2, 0.25) is 11.7 Å². The summed E-state index contributed by atoms with van der Waals surface area (Å²) in [6.45, 7) is 7.62. The van der Waals surface area contributed by atoms with E-state index in [1.807, 2.05) is 44.2 Å². The predicted octanol–water partition coefficient (Wildman–Crippen LogP) is 1.93. The summed E-state index contributed by atoms with van der Waals surface area (Å²) in [5.74, 6) is -1.87. The molecule has 0 fully saturated rings. The highest BCUT2D eigenvalue weighted by atomic mass is 16.5. The van der Waals surface area contributed by atoms with E-state index >= 15 is 0 Å². The number of hydrogen-bond donors (Lipinski definition) is 3. The lowest BCUT2D eigenvalue weighted by Gasteiger charge is -2.23. The van der Waals surface area contributed by atoms with Gasteiger partial charge in [0, 0.05) is 6.54 Å². The van der Waals surface area contributed by atoms with Crippen LogP contribution in [0.2, 0.25) is 0 Å². The molecular formula is C21H31N3O5. The monoisotopic (exact) mass is 405 g/mol. The van der Waals surface area contributed by atoms with Gasteiger partial charge in [-0.3, -0.25) is 14.4 Å². The lowest BCUT2D eigenvalue weighted by molar-refractivity contribution is -0.140. The second-order valence-corrected chi connectivity index (χ2v) is 7.08. The summed E-state index contributed by atoms with van der Waals surface area (Å²) in [5, 5.41) is 7.56. The van der Waals surface area contributed by atoms with E-state index in [1.54, 1.807) is 13.8 Å². The Hall–Kier alpha value is -2.90. The summed E-state index contributed by atoms with van der Waals surface area (Å²) in [6.07, 6.45) is -0.107. The van der Waals surface area contributed by atoms with E-state index in [0.29, 0.717) is 13.0 Å². The van der Waals surface area contributed by atoms with Gasteiger partial charge in [0.25, 0.3) is 5.91 Å². The van der Waals surface area contributed by atoms with E-state index in [0.717, 1.165) is 5.56 Å². The van der Waals surface area contributed by atoms with Gasteiger partial charge in [0.15, 0.2) is 0 Å². The third-order valence-corrected chi connectivity index (χ3v) is 4.13. The Bertz CT molecular complexity index is 691. The van der Waals surface area contributed by atoms with Crippen LogP contribution in [0, 0.1) is 5.92 Å². The first-order chi connectivity index (χ1) is 13.8. The molecule has 0 saturated carbocycles. The van der Waals surface area contributed by atoms with Gasteiger partial charge in [0.1, 0.15) is 12.6 Å². The van der Waals surface area contributed by atoms with Gasteiger partial charge in [-0.05, 0) is 31.2 Å². The highest BCUT2D eigenvalue weighted by molar-refractivity contribution is 6.38. The van der Waals surface area contributed by atoms with E-state index in [4.69, 9.17) is 4.74 Å². The number of carbonyl (C=O) groups is 4. The Morgan fingerprint density at radius 2 is 1.62 bits per heavy atom. The summed E-state index contributed by atoms with van der Waals surface area (Å²) in [6, 6.07) is 7.35. The number of amides is 3. The van der Waals surface area contributed by atoms with Crippen molar-refractivity contribution < 1.29 is 23.9 Å². The molecule has 1 unspecified atom stereocenters. The maximum atomic E-state index is 12.7. The van der Waals surface area contributed by atoms with Gasteiger partial charge < -0.3 is 20.7 Å². The first kappa shape index (κ1) is 24.1. The van der Waals surface area contributed by atoms with Gasteiger partial charge in [-0.25, -0.2) is 4.79 Å². The fraction of sp³-hybridized carbons (Fsp3) is 0.524. The molecule has 29 heavy (non-hydrogen) atoms. The topological polar surface area (TPSA) is 114 Å². The number of Topliss-reactive ketones (excluding diaryl/α,β-unsaturated/α-hetero) is 1. The molecule has 0 aliphatic rings. The number of alkyl carbamates (subject to hydrolysis) is 1. The van der Waals surface area contributed by atoms with Crippen molar-refractivity contribution in [1.82, 2.24) is 16.0 Å². The zero-order valence-corrected chi connectivity index (χ0v) is 17.5. The van der Waals surface area contributed by atoms with E-state index in [1.165, 1.54) is 0 Å². The molecule has 1 rings (SSSR count). The van der Waals surface area contributed by atoms with Gasteiger partial charge in [-0.15, -0.1) is 0 Å². The average molecular weight is 405 g/mol. The SMILES string of the molecule is CCNC(=O)C(=O)C(CC)NC(=O)[C@H](CC(C)C)NC(=O)OCc1ccccc1. The number of hydrogen-bond acceptors (Lipinski definition) is 5. The van der Waals surface area contributed by atoms with Crippen LogP contribution in [0.4, 0.5) is 4.79 Å². The number of ether oxygens (including phenoxy) is 1. The molecule has 1 aromatic rings. The zero-order chi connectivity index (χ0) is 21.8. The first-order valence-electron chi connectivity index (χ1n) is 9.88. The molecule has 0 aromatic heterocycles. The minimum Gasteiger partial charge on any atom is -0.445 e. The molecule has 0 aliphatic heterocycles. The van der Waals surface area contributed by atoms with Crippen LogP contribution in [-0.2, 0) is 25.7 Å². The molecule has 3 amide bonds. The maximum Gasteiger partial charge on any atom is 0.408 e. The second kappa shape index (κ2) is 12.5. The molecule has 8 nitrogen and oxygen atoms in total. The van der Waals surface area contributed by atoms with Crippen molar-refractivity contribution in [1.29, 1.82) is 0 Å². The number of rotatable bonds is 11. The summed E-state index contributed by atoms with van der Waals surface area (Å²) < 4.78 is 5.18. The minimum absolute atomic E-state index is 0.0793. The van der Waals surface area contributed by atoms with E-state index in [2.05, 4.69) is 16.0 Å². The molecule has 0 aliphatic carbocycles. The third kappa shape index (κ3) is 8.76. The fourth-order valence-corrected chi connectivity index (χ4v) is 2.64. The average Bonchev–Trinajstić information content (AvgIpc) is 2.69. The largest absolute Gasteiger partial charge is 0.445 e. The van der Waals surface area contributed by atoms with Crippen molar-refractivity contribution in [2.75, 3.05) is 6.54 Å². The van der Waals surface area contributed by atoms with E-state index in [9.17, 15) is 19.2 Å². The van der Waals surface area contributed by atoms with Crippen LogP contribution < -0.4 is 16.0 Å². The Morgan fingerprint density at radius 3 is 2.17 bits per heavy atom. The molecule has 3 N–H and O–H groups in total. The number of benzene rings is 1. The molecule has 0 heterocycles. The van der Waals surface area contributed by atoms with Crippen LogP contribution in [0.3, 0.4) is 0 Å². The first-order valence-corrected chi connectivity index (χ1v) is 9.88. The summed E-state index contributed by atoms with van der Waals surface area (Å²) in [5.41, 5.74) is 0.825. The van der Waals surface area contributed by atoms with Gasteiger partial charge in [0.05, 0.1) is 6.04 Å². The van der Waals surface area contributed by atoms with Crippen molar-refractivity contribution in [2.45, 2.75) is 59.2 Å². The number of carbonyl (C=O) groups excluding carboxylic acids is 4. The molecule has 0 bridgehead atoms. The molecule has 0 radical (unpaired) electrons. The smallest absolute Gasteiger partial charge is 0.408 e. The molecule has 0 saturated heterocycles. The number of nitrogens with one attached hydrogen (secondary N) is 3. The quantitative estimate of drug-likeness (QED) is 0.487. The molecule has 1 aromatic carbocycles. The van der Waals surface area contributed by atoms with Crippen LogP contribution in [0.5, 0.6) is 0 Å². The Balaban J connectivity index is 2.71. The van der Waals surface area contributed by atoms with Crippen LogP contribution >= 0.6 is 0 Å². The lowest BCUT2D eigenvalue weighted by Crippen LogP contribution is -2.54. The Kier molecular flexibility index (Phi) is 10.4. The molecule has 160 valence electrons. The van der Waals surface area contributed by atoms with Gasteiger partial charge in [-0.2, -0.15) is 0 Å². The summed E-state index contributed by atoms with van der Waals surface area (Å²) in [7, 11) is 0. The van der Waals surface area contributed by atoms with Crippen molar-refractivity contribution >= 4 is 23.7 Å². The Labute approximate surface area is 171 Å². The van der Waals surface area contributed by atoms with Gasteiger partial charge >= 0.3 is 6.09 Å². The van der Waals surface area contributed by atoms with E-state index in [-0.39, 0.29) is 18.9 Å². The van der Waals surface area contributed by atoms with Crippen LogP contribution in [-0.4, -0.2) is 42.3 Å². The standard InChI is InChI=1S/C21H31N3O5/c1-5-16(18(25)20(27)22-6-2)23-19(26)17(12-14(3)4)24-21(28)29-13-15-10-8-7-9-11-15/h7-11,14,16-17H,5-6,12-13H2,1-4H3,(H,22,27)(H,23,26)(H,24,28)/t16?,17-/m0/s1. The predicted molar refractivity (Wildman–Crippen MR) is 109 cm³/mol. The minimum atomic E-state index is -0.953. The number of ketones is 1. The van der Waals surface area contributed by atoms with Crippen LogP contribution in [0.15, 0.2) is 30.3 Å². The van der Waals surface area contributed by atoms with Crippen LogP contribution in [0.25, 0.3) is 0 Å². The van der Waals surface area contributed by atoms with E-state index < -0.39 is 35.8 Å². The fourth-order valence-electron chi connectivity index (χ4n) is 2.64.